The van der Waals surface area contributed by atoms with E-state index in [1.807, 2.05) is 41.8 Å². The first-order valence-electron chi connectivity index (χ1n) is 8.94. The van der Waals surface area contributed by atoms with Crippen molar-refractivity contribution in [2.45, 2.75) is 33.4 Å². The van der Waals surface area contributed by atoms with E-state index in [1.54, 1.807) is 16.2 Å². The zero-order valence-corrected chi connectivity index (χ0v) is 16.6. The molecule has 1 aromatic heterocycles. The number of anilines is 1. The van der Waals surface area contributed by atoms with Crippen LogP contribution in [0.5, 0.6) is 0 Å². The van der Waals surface area contributed by atoms with Gasteiger partial charge in [-0.1, -0.05) is 39.0 Å². The van der Waals surface area contributed by atoms with Crippen LogP contribution in [-0.2, 0) is 11.3 Å². The average molecular weight is 388 g/mol. The molecule has 1 saturated heterocycles. The fourth-order valence-electron chi connectivity index (χ4n) is 2.95. The summed E-state index contributed by atoms with van der Waals surface area (Å²) in [4.78, 5) is 26.8. The molecular formula is C20H25N3O3S. The number of hydrogen-bond donors (Lipinski definition) is 2. The second kappa shape index (κ2) is 8.00. The lowest BCUT2D eigenvalue weighted by atomic mass is 9.86. The molecule has 1 fully saturated rings. The third kappa shape index (κ3) is 5.01. The zero-order chi connectivity index (χ0) is 19.4. The van der Waals surface area contributed by atoms with Crippen LogP contribution in [0.25, 0.3) is 0 Å². The van der Waals surface area contributed by atoms with E-state index in [9.17, 15) is 9.59 Å². The molecule has 2 heterocycles. The molecule has 2 N–H and O–H groups in total. The fourth-order valence-corrected chi connectivity index (χ4v) is 3.97. The number of carbonyl (C=O) groups is 2. The maximum atomic E-state index is 12.5. The minimum atomic E-state index is -0.279. The molecule has 0 bridgehead atoms. The first kappa shape index (κ1) is 19.2. The summed E-state index contributed by atoms with van der Waals surface area (Å²) in [7, 11) is 0. The van der Waals surface area contributed by atoms with Crippen molar-refractivity contribution in [2.75, 3.05) is 18.5 Å². The average Bonchev–Trinajstić information content (AvgIpc) is 3.26. The minimum Gasteiger partial charge on any atom is -0.448 e. The summed E-state index contributed by atoms with van der Waals surface area (Å²) in [6.07, 6.45) is -0.279. The van der Waals surface area contributed by atoms with Gasteiger partial charge in [0.1, 0.15) is 6.61 Å². The van der Waals surface area contributed by atoms with Crippen molar-refractivity contribution in [2.24, 2.45) is 5.41 Å². The second-order valence-electron chi connectivity index (χ2n) is 7.65. The topological polar surface area (TPSA) is 70.7 Å². The summed E-state index contributed by atoms with van der Waals surface area (Å²) in [5, 5.41) is 7.98. The third-order valence-corrected chi connectivity index (χ3v) is 5.34. The minimum absolute atomic E-state index is 0.0713. The molecule has 2 aromatic rings. The number of ether oxygens (including phenoxy) is 1. The van der Waals surface area contributed by atoms with Crippen LogP contribution in [0.1, 0.15) is 37.3 Å². The lowest BCUT2D eigenvalue weighted by Crippen LogP contribution is -2.38. The zero-order valence-electron chi connectivity index (χ0n) is 15.8. The fraction of sp³-hybridized carbons (Fsp3) is 0.400. The SMILES string of the molecule is CC(C)(C)C(NC(=O)Nc1ccc(CN2CCOC2=O)cc1)c1cccs1. The molecule has 144 valence electrons. The molecule has 7 heteroatoms. The van der Waals surface area contributed by atoms with Gasteiger partial charge in [-0.15, -0.1) is 11.3 Å². The Morgan fingerprint density at radius 2 is 2.00 bits per heavy atom. The van der Waals surface area contributed by atoms with E-state index in [-0.39, 0.29) is 23.6 Å². The highest BCUT2D eigenvalue weighted by Crippen LogP contribution is 2.35. The quantitative estimate of drug-likeness (QED) is 0.787. The molecule has 1 atom stereocenters. The van der Waals surface area contributed by atoms with Crippen molar-refractivity contribution in [1.82, 2.24) is 10.2 Å². The van der Waals surface area contributed by atoms with E-state index < -0.39 is 0 Å². The number of rotatable bonds is 5. The molecule has 1 unspecified atom stereocenters. The molecule has 3 rings (SSSR count). The number of amides is 3. The summed E-state index contributed by atoms with van der Waals surface area (Å²) in [5.74, 6) is 0. The lowest BCUT2D eigenvalue weighted by Gasteiger charge is -2.30. The van der Waals surface area contributed by atoms with Gasteiger partial charge in [0.05, 0.1) is 12.6 Å². The summed E-state index contributed by atoms with van der Waals surface area (Å²) < 4.78 is 4.93. The monoisotopic (exact) mass is 387 g/mol. The van der Waals surface area contributed by atoms with Crippen molar-refractivity contribution in [1.29, 1.82) is 0 Å². The second-order valence-corrected chi connectivity index (χ2v) is 8.63. The van der Waals surface area contributed by atoms with E-state index in [0.29, 0.717) is 25.4 Å². The molecule has 0 radical (unpaired) electrons. The number of cyclic esters (lactones) is 1. The Balaban J connectivity index is 1.59. The highest BCUT2D eigenvalue weighted by molar-refractivity contribution is 7.10. The van der Waals surface area contributed by atoms with Crippen LogP contribution in [0.2, 0.25) is 0 Å². The van der Waals surface area contributed by atoms with Gasteiger partial charge in [-0.3, -0.25) is 0 Å². The summed E-state index contributed by atoms with van der Waals surface area (Å²) >= 11 is 1.64. The Morgan fingerprint density at radius 1 is 1.26 bits per heavy atom. The van der Waals surface area contributed by atoms with E-state index in [0.717, 1.165) is 10.4 Å². The Bertz CT molecular complexity index is 782. The predicted octanol–water partition coefficient (Wildman–Crippen LogP) is 4.61. The van der Waals surface area contributed by atoms with Gasteiger partial charge in [-0.2, -0.15) is 0 Å². The Kier molecular flexibility index (Phi) is 5.70. The lowest BCUT2D eigenvalue weighted by molar-refractivity contribution is 0.157. The van der Waals surface area contributed by atoms with Crippen molar-refractivity contribution in [3.63, 3.8) is 0 Å². The number of nitrogens with one attached hydrogen (secondary N) is 2. The largest absolute Gasteiger partial charge is 0.448 e. The van der Waals surface area contributed by atoms with Crippen LogP contribution in [0.15, 0.2) is 41.8 Å². The standard InChI is InChI=1S/C20H25N3O3S/c1-20(2,3)17(16-5-4-12-27-16)22-18(24)21-15-8-6-14(7-9-15)13-23-10-11-26-19(23)25/h4-9,12,17H,10-11,13H2,1-3H3,(H2,21,22,24). The van der Waals surface area contributed by atoms with Gasteiger partial charge in [0.25, 0.3) is 0 Å². The molecular weight excluding hydrogens is 362 g/mol. The van der Waals surface area contributed by atoms with Gasteiger partial charge in [0, 0.05) is 17.1 Å². The normalized spacial score (nSPS) is 15.4. The molecule has 1 aromatic carbocycles. The molecule has 1 aliphatic heterocycles. The van der Waals surface area contributed by atoms with E-state index in [1.165, 1.54) is 0 Å². The van der Waals surface area contributed by atoms with E-state index >= 15 is 0 Å². The molecule has 6 nitrogen and oxygen atoms in total. The maximum absolute atomic E-state index is 12.5. The Hall–Kier alpha value is -2.54. The van der Waals surface area contributed by atoms with Gasteiger partial charge >= 0.3 is 12.1 Å². The Labute approximate surface area is 163 Å². The van der Waals surface area contributed by atoms with Crippen molar-refractivity contribution >= 4 is 29.1 Å². The number of hydrogen-bond acceptors (Lipinski definition) is 4. The van der Waals surface area contributed by atoms with Crippen LogP contribution < -0.4 is 10.6 Å². The van der Waals surface area contributed by atoms with Gasteiger partial charge in [-0.25, -0.2) is 9.59 Å². The number of carbonyl (C=O) groups excluding carboxylic acids is 2. The van der Waals surface area contributed by atoms with Crippen molar-refractivity contribution in [3.05, 3.63) is 52.2 Å². The van der Waals surface area contributed by atoms with Crippen molar-refractivity contribution < 1.29 is 14.3 Å². The van der Waals surface area contributed by atoms with Crippen molar-refractivity contribution in [3.8, 4) is 0 Å². The van der Waals surface area contributed by atoms with Crippen LogP contribution >= 0.6 is 11.3 Å². The Morgan fingerprint density at radius 3 is 2.56 bits per heavy atom. The first-order chi connectivity index (χ1) is 12.8. The van der Waals surface area contributed by atoms with E-state index in [4.69, 9.17) is 4.74 Å². The van der Waals surface area contributed by atoms with Gasteiger partial charge in [-0.05, 0) is 34.6 Å². The molecule has 1 aliphatic rings. The van der Waals surface area contributed by atoms with Crippen LogP contribution in [0.4, 0.5) is 15.3 Å². The predicted molar refractivity (Wildman–Crippen MR) is 107 cm³/mol. The number of urea groups is 1. The summed E-state index contributed by atoms with van der Waals surface area (Å²) in [6, 6.07) is 11.2. The smallest absolute Gasteiger partial charge is 0.410 e. The number of thiophene rings is 1. The molecule has 0 saturated carbocycles. The third-order valence-electron chi connectivity index (χ3n) is 4.40. The number of nitrogens with zero attached hydrogens (tertiary/aromatic N) is 1. The van der Waals surface area contributed by atoms with Crippen LogP contribution in [0.3, 0.4) is 0 Å². The van der Waals surface area contributed by atoms with E-state index in [2.05, 4.69) is 31.4 Å². The summed E-state index contributed by atoms with van der Waals surface area (Å²) in [5.41, 5.74) is 1.60. The molecule has 0 aliphatic carbocycles. The van der Waals surface area contributed by atoms with Gasteiger partial charge in [0.15, 0.2) is 0 Å². The summed E-state index contributed by atoms with van der Waals surface area (Å²) in [6.45, 7) is 7.88. The van der Waals surface area contributed by atoms with Crippen LogP contribution in [0, 0.1) is 5.41 Å². The molecule has 0 spiro atoms. The molecule has 27 heavy (non-hydrogen) atoms. The van der Waals surface area contributed by atoms with Gasteiger partial charge in [0.2, 0.25) is 0 Å². The highest BCUT2D eigenvalue weighted by atomic mass is 32.1. The van der Waals surface area contributed by atoms with Crippen LogP contribution in [-0.4, -0.2) is 30.2 Å². The highest BCUT2D eigenvalue weighted by Gasteiger charge is 2.28. The van der Waals surface area contributed by atoms with Gasteiger partial charge < -0.3 is 20.3 Å². The first-order valence-corrected chi connectivity index (χ1v) is 9.82. The molecule has 3 amide bonds. The maximum Gasteiger partial charge on any atom is 0.410 e. The number of benzene rings is 1.